The van der Waals surface area contributed by atoms with Crippen molar-refractivity contribution >= 4 is 11.6 Å². The van der Waals surface area contributed by atoms with E-state index in [0.29, 0.717) is 35.9 Å². The molecule has 3 saturated carbocycles. The summed E-state index contributed by atoms with van der Waals surface area (Å²) in [5.74, 6) is 2.68. The number of aliphatic hydroxyl groups excluding tert-OH is 1. The molecule has 4 aliphatic carbocycles. The Balaban J connectivity index is 1.67. The van der Waals surface area contributed by atoms with E-state index < -0.39 is 0 Å². The lowest BCUT2D eigenvalue weighted by molar-refractivity contribution is -0.131. The molecule has 0 amide bonds. The molecule has 0 radical (unpaired) electrons. The van der Waals surface area contributed by atoms with Gasteiger partial charge in [0, 0.05) is 18.3 Å². The second-order valence-corrected chi connectivity index (χ2v) is 7.83. The van der Waals surface area contributed by atoms with Gasteiger partial charge in [0.1, 0.15) is 5.78 Å². The number of Topliss-reactive ketones (excluding diaryl/α,β-unsaturated/α-hetero) is 2. The second kappa shape index (κ2) is 4.44. The van der Waals surface area contributed by atoms with Crippen molar-refractivity contribution in [2.24, 2.45) is 29.1 Å². The summed E-state index contributed by atoms with van der Waals surface area (Å²) in [5.41, 5.74) is 0.968. The van der Waals surface area contributed by atoms with Crippen LogP contribution >= 0.6 is 0 Å². The van der Waals surface area contributed by atoms with Crippen LogP contribution in [0.1, 0.15) is 58.3 Å². The fourth-order valence-corrected chi connectivity index (χ4v) is 6.04. The zero-order valence-electron chi connectivity index (χ0n) is 12.7. The van der Waals surface area contributed by atoms with Crippen LogP contribution in [-0.4, -0.2) is 16.7 Å². The maximum Gasteiger partial charge on any atom is 0.197 e. The molecule has 5 atom stereocenters. The van der Waals surface area contributed by atoms with Gasteiger partial charge in [-0.15, -0.1) is 0 Å². The molecule has 0 aliphatic heterocycles. The first-order chi connectivity index (χ1) is 10.0. The van der Waals surface area contributed by atoms with Crippen LogP contribution in [-0.2, 0) is 9.59 Å². The number of ketones is 2. The van der Waals surface area contributed by atoms with E-state index in [0.717, 1.165) is 50.5 Å². The van der Waals surface area contributed by atoms with Crippen LogP contribution in [0.2, 0.25) is 0 Å². The van der Waals surface area contributed by atoms with Gasteiger partial charge in [0.15, 0.2) is 11.5 Å². The number of fused-ring (bicyclic) bond motifs is 5. The lowest BCUT2D eigenvalue weighted by atomic mass is 9.52. The summed E-state index contributed by atoms with van der Waals surface area (Å²) in [6, 6.07) is 0. The number of hydrogen-bond donors (Lipinski definition) is 1. The standard InChI is InChI=1S/C18H24O3/c1-18-9-8-11-10-4-6-15(19)17(21)13(10)3-2-12(11)14(18)5-7-16(18)20/h10-12,14,21H,2-9H2,1H3/t10-,11-,12-,14+,18+/m1/s1. The van der Waals surface area contributed by atoms with Gasteiger partial charge in [-0.25, -0.2) is 0 Å². The predicted octanol–water partition coefficient (Wildman–Crippen LogP) is 3.58. The second-order valence-electron chi connectivity index (χ2n) is 7.83. The Hall–Kier alpha value is -1.12. The Morgan fingerprint density at radius 1 is 1.00 bits per heavy atom. The molecular weight excluding hydrogens is 264 g/mol. The normalized spacial score (nSPS) is 46.1. The number of rotatable bonds is 0. The van der Waals surface area contributed by atoms with Crippen molar-refractivity contribution in [3.8, 4) is 0 Å². The molecule has 3 fully saturated rings. The Kier molecular flexibility index (Phi) is 2.86. The monoisotopic (exact) mass is 288 g/mol. The van der Waals surface area contributed by atoms with Crippen molar-refractivity contribution < 1.29 is 14.7 Å². The molecule has 0 aromatic carbocycles. The van der Waals surface area contributed by atoms with Gasteiger partial charge in [-0.05, 0) is 67.8 Å². The van der Waals surface area contributed by atoms with Crippen LogP contribution in [0.4, 0.5) is 0 Å². The van der Waals surface area contributed by atoms with Gasteiger partial charge in [-0.3, -0.25) is 9.59 Å². The van der Waals surface area contributed by atoms with Gasteiger partial charge >= 0.3 is 0 Å². The van der Waals surface area contributed by atoms with Crippen LogP contribution < -0.4 is 0 Å². The minimum Gasteiger partial charge on any atom is -0.504 e. The van der Waals surface area contributed by atoms with Crippen LogP contribution in [0.3, 0.4) is 0 Å². The van der Waals surface area contributed by atoms with Gasteiger partial charge in [0.2, 0.25) is 0 Å². The van der Waals surface area contributed by atoms with E-state index in [1.807, 2.05) is 0 Å². The van der Waals surface area contributed by atoms with Crippen molar-refractivity contribution in [2.45, 2.75) is 58.3 Å². The van der Waals surface area contributed by atoms with Gasteiger partial charge in [0.05, 0.1) is 0 Å². The molecule has 3 heteroatoms. The van der Waals surface area contributed by atoms with E-state index >= 15 is 0 Å². The molecular formula is C18H24O3. The third kappa shape index (κ3) is 1.72. The van der Waals surface area contributed by atoms with Crippen LogP contribution in [0.5, 0.6) is 0 Å². The molecule has 0 unspecified atom stereocenters. The Labute approximate surface area is 125 Å². The first-order valence-corrected chi connectivity index (χ1v) is 8.51. The Bertz CT molecular complexity index is 547. The van der Waals surface area contributed by atoms with Crippen LogP contribution in [0, 0.1) is 29.1 Å². The summed E-state index contributed by atoms with van der Waals surface area (Å²) in [5, 5.41) is 10.1. The first kappa shape index (κ1) is 13.5. The van der Waals surface area contributed by atoms with E-state index in [4.69, 9.17) is 0 Å². The van der Waals surface area contributed by atoms with Crippen LogP contribution in [0.15, 0.2) is 11.3 Å². The van der Waals surface area contributed by atoms with Gasteiger partial charge in [-0.2, -0.15) is 0 Å². The molecule has 0 bridgehead atoms. The predicted molar refractivity (Wildman–Crippen MR) is 78.7 cm³/mol. The Morgan fingerprint density at radius 2 is 1.81 bits per heavy atom. The average Bonchev–Trinajstić information content (AvgIpc) is 2.78. The van der Waals surface area contributed by atoms with Crippen molar-refractivity contribution in [3.63, 3.8) is 0 Å². The molecule has 0 spiro atoms. The topological polar surface area (TPSA) is 54.4 Å². The summed E-state index contributed by atoms with van der Waals surface area (Å²) in [6.45, 7) is 2.19. The van der Waals surface area contributed by atoms with Crippen molar-refractivity contribution in [1.29, 1.82) is 0 Å². The summed E-state index contributed by atoms with van der Waals surface area (Å²) in [6.07, 6.45) is 7.27. The summed E-state index contributed by atoms with van der Waals surface area (Å²) < 4.78 is 0. The summed E-state index contributed by atoms with van der Waals surface area (Å²) >= 11 is 0. The molecule has 0 aromatic heterocycles. The number of aliphatic hydroxyl groups is 1. The molecule has 3 nitrogen and oxygen atoms in total. The van der Waals surface area contributed by atoms with E-state index in [-0.39, 0.29) is 17.0 Å². The highest BCUT2D eigenvalue weighted by molar-refractivity contribution is 5.94. The minimum absolute atomic E-state index is 0.0589. The molecule has 114 valence electrons. The fourth-order valence-electron chi connectivity index (χ4n) is 6.04. The van der Waals surface area contributed by atoms with E-state index in [1.165, 1.54) is 0 Å². The highest BCUT2D eigenvalue weighted by atomic mass is 16.3. The summed E-state index contributed by atoms with van der Waals surface area (Å²) in [4.78, 5) is 24.0. The highest BCUT2D eigenvalue weighted by Gasteiger charge is 2.56. The molecule has 1 N–H and O–H groups in total. The highest BCUT2D eigenvalue weighted by Crippen LogP contribution is 2.60. The largest absolute Gasteiger partial charge is 0.504 e. The molecule has 0 saturated heterocycles. The van der Waals surface area contributed by atoms with E-state index in [2.05, 4.69) is 6.92 Å². The van der Waals surface area contributed by atoms with E-state index in [9.17, 15) is 14.7 Å². The third-order valence-corrected chi connectivity index (χ3v) is 7.16. The molecule has 0 aromatic rings. The molecule has 0 heterocycles. The quantitative estimate of drug-likeness (QED) is 0.741. The first-order valence-electron chi connectivity index (χ1n) is 8.51. The SMILES string of the molecule is C[C@]12CC[C@H]3[C@@H](CCC4=C(O)C(=O)CC[C@@H]43)[C@@H]1CCC2=O. The average molecular weight is 288 g/mol. The third-order valence-electron chi connectivity index (χ3n) is 7.16. The number of hydrogen-bond acceptors (Lipinski definition) is 3. The van der Waals surface area contributed by atoms with Gasteiger partial charge < -0.3 is 5.11 Å². The zero-order chi connectivity index (χ0) is 14.8. The molecule has 4 aliphatic rings. The lowest BCUT2D eigenvalue weighted by Crippen LogP contribution is -2.47. The van der Waals surface area contributed by atoms with E-state index in [1.54, 1.807) is 0 Å². The minimum atomic E-state index is -0.0745. The molecule has 21 heavy (non-hydrogen) atoms. The number of allylic oxidation sites excluding steroid dienone is 1. The maximum atomic E-state index is 12.3. The summed E-state index contributed by atoms with van der Waals surface area (Å²) in [7, 11) is 0. The number of carbonyl (C=O) groups is 2. The molecule has 4 rings (SSSR count). The lowest BCUT2D eigenvalue weighted by Gasteiger charge is -2.52. The van der Waals surface area contributed by atoms with Gasteiger partial charge in [0.25, 0.3) is 0 Å². The Morgan fingerprint density at radius 3 is 2.62 bits per heavy atom. The number of carbonyl (C=O) groups excluding carboxylic acids is 2. The maximum absolute atomic E-state index is 12.3. The fraction of sp³-hybridized carbons (Fsp3) is 0.778. The van der Waals surface area contributed by atoms with Crippen LogP contribution in [0.25, 0.3) is 0 Å². The van der Waals surface area contributed by atoms with Crippen molar-refractivity contribution in [3.05, 3.63) is 11.3 Å². The van der Waals surface area contributed by atoms with Gasteiger partial charge in [-0.1, -0.05) is 6.92 Å². The smallest absolute Gasteiger partial charge is 0.197 e. The zero-order valence-corrected chi connectivity index (χ0v) is 12.7. The van der Waals surface area contributed by atoms with Crippen molar-refractivity contribution in [2.75, 3.05) is 0 Å². The van der Waals surface area contributed by atoms with Crippen molar-refractivity contribution in [1.82, 2.24) is 0 Å².